The van der Waals surface area contributed by atoms with Crippen LogP contribution in [0, 0.1) is 5.92 Å². The van der Waals surface area contributed by atoms with E-state index in [1.54, 1.807) is 0 Å². The van der Waals surface area contributed by atoms with E-state index in [1.807, 2.05) is 0 Å². The van der Waals surface area contributed by atoms with Gasteiger partial charge in [-0.25, -0.2) is 0 Å². The topological polar surface area (TPSA) is 21.3 Å². The van der Waals surface area contributed by atoms with E-state index in [4.69, 9.17) is 4.74 Å². The van der Waals surface area contributed by atoms with Gasteiger partial charge >= 0.3 is 0 Å². The second kappa shape index (κ2) is 8.12. The van der Waals surface area contributed by atoms with Crippen LogP contribution >= 0.6 is 0 Å². The first-order valence-electron chi connectivity index (χ1n) is 6.64. The Morgan fingerprint density at radius 2 is 2.00 bits per heavy atom. The number of nitrogens with one attached hydrogen (secondary N) is 1. The molecule has 0 bridgehead atoms. The van der Waals surface area contributed by atoms with Crippen molar-refractivity contribution in [1.29, 1.82) is 0 Å². The third-order valence-electron chi connectivity index (χ3n) is 3.43. The second-order valence-electron chi connectivity index (χ2n) is 4.84. The third kappa shape index (κ3) is 6.16. The van der Waals surface area contributed by atoms with Gasteiger partial charge < -0.3 is 10.1 Å². The summed E-state index contributed by atoms with van der Waals surface area (Å²) in [5.41, 5.74) is 0. The maximum atomic E-state index is 5.71. The number of rotatable bonds is 7. The van der Waals surface area contributed by atoms with Crippen LogP contribution in [-0.2, 0) is 4.74 Å². The minimum absolute atomic E-state index is 0.628. The molecule has 1 unspecified atom stereocenters. The highest BCUT2D eigenvalue weighted by Crippen LogP contribution is 2.23. The number of hydrogen-bond acceptors (Lipinski definition) is 2. The van der Waals surface area contributed by atoms with E-state index in [1.165, 1.54) is 38.5 Å². The highest BCUT2D eigenvalue weighted by atomic mass is 16.5. The molecule has 15 heavy (non-hydrogen) atoms. The monoisotopic (exact) mass is 213 g/mol. The van der Waals surface area contributed by atoms with Crippen LogP contribution in [0.1, 0.15) is 52.4 Å². The van der Waals surface area contributed by atoms with E-state index in [0.717, 1.165) is 25.7 Å². The highest BCUT2D eigenvalue weighted by molar-refractivity contribution is 4.65. The highest BCUT2D eigenvalue weighted by Gasteiger charge is 2.12. The summed E-state index contributed by atoms with van der Waals surface area (Å²) in [4.78, 5) is 0. The molecule has 90 valence electrons. The van der Waals surface area contributed by atoms with E-state index >= 15 is 0 Å². The Hall–Kier alpha value is -0.0800. The van der Waals surface area contributed by atoms with Crippen LogP contribution in [0.3, 0.4) is 0 Å². The van der Waals surface area contributed by atoms with E-state index in [9.17, 15) is 0 Å². The van der Waals surface area contributed by atoms with Gasteiger partial charge in [-0.1, -0.05) is 26.2 Å². The second-order valence-corrected chi connectivity index (χ2v) is 4.84. The van der Waals surface area contributed by atoms with Gasteiger partial charge in [0, 0.05) is 19.2 Å². The fourth-order valence-electron chi connectivity index (χ4n) is 2.13. The smallest absolute Gasteiger partial charge is 0.0591 e. The molecule has 2 nitrogen and oxygen atoms in total. The lowest BCUT2D eigenvalue weighted by molar-refractivity contribution is 0.0858. The van der Waals surface area contributed by atoms with Crippen molar-refractivity contribution in [3.8, 4) is 0 Å². The van der Waals surface area contributed by atoms with Crippen molar-refractivity contribution in [1.82, 2.24) is 5.32 Å². The van der Waals surface area contributed by atoms with Gasteiger partial charge in [0.1, 0.15) is 0 Å². The van der Waals surface area contributed by atoms with Crippen molar-refractivity contribution in [2.75, 3.05) is 19.8 Å². The summed E-state index contributed by atoms with van der Waals surface area (Å²) < 4.78 is 5.71. The fraction of sp³-hybridized carbons (Fsp3) is 1.00. The maximum Gasteiger partial charge on any atom is 0.0591 e. The average molecular weight is 213 g/mol. The lowest BCUT2D eigenvalue weighted by Gasteiger charge is -2.21. The summed E-state index contributed by atoms with van der Waals surface area (Å²) >= 11 is 0. The number of hydrogen-bond donors (Lipinski definition) is 1. The van der Waals surface area contributed by atoms with Crippen LogP contribution in [0.15, 0.2) is 0 Å². The standard InChI is InChI=1S/C13H27NO/c1-3-12(2)14-9-10-15-11-13-7-5-4-6-8-13/h12-14H,3-11H2,1-2H3. The normalized spacial score (nSPS) is 20.4. The molecule has 0 spiro atoms. The van der Waals surface area contributed by atoms with Gasteiger partial charge in [0.25, 0.3) is 0 Å². The first-order chi connectivity index (χ1) is 7.33. The van der Waals surface area contributed by atoms with Crippen LogP contribution in [0.25, 0.3) is 0 Å². The van der Waals surface area contributed by atoms with Gasteiger partial charge in [0.2, 0.25) is 0 Å². The fourth-order valence-corrected chi connectivity index (χ4v) is 2.13. The Kier molecular flexibility index (Phi) is 7.03. The Morgan fingerprint density at radius 1 is 1.27 bits per heavy atom. The zero-order valence-electron chi connectivity index (χ0n) is 10.4. The van der Waals surface area contributed by atoms with Gasteiger partial charge in [0.15, 0.2) is 0 Å². The van der Waals surface area contributed by atoms with Gasteiger partial charge in [-0.3, -0.25) is 0 Å². The molecule has 1 N–H and O–H groups in total. The molecular formula is C13H27NO. The van der Waals surface area contributed by atoms with Crippen molar-refractivity contribution in [2.45, 2.75) is 58.4 Å². The molecule has 1 fully saturated rings. The van der Waals surface area contributed by atoms with Crippen molar-refractivity contribution in [3.63, 3.8) is 0 Å². The van der Waals surface area contributed by atoms with Gasteiger partial charge in [0.05, 0.1) is 6.61 Å². The summed E-state index contributed by atoms with van der Waals surface area (Å²) in [7, 11) is 0. The molecule has 1 saturated carbocycles. The lowest BCUT2D eigenvalue weighted by Crippen LogP contribution is -2.29. The molecule has 0 heterocycles. The minimum atomic E-state index is 0.628. The van der Waals surface area contributed by atoms with Crippen molar-refractivity contribution in [2.24, 2.45) is 5.92 Å². The number of ether oxygens (including phenoxy) is 1. The molecule has 1 aliphatic rings. The predicted molar refractivity (Wildman–Crippen MR) is 65.1 cm³/mol. The Balaban J connectivity index is 1.87. The van der Waals surface area contributed by atoms with Crippen LogP contribution in [0.4, 0.5) is 0 Å². The van der Waals surface area contributed by atoms with Gasteiger partial charge in [-0.2, -0.15) is 0 Å². The Bertz CT molecular complexity index is 143. The zero-order chi connectivity index (χ0) is 10.9. The van der Waals surface area contributed by atoms with Crippen LogP contribution in [0.2, 0.25) is 0 Å². The summed E-state index contributed by atoms with van der Waals surface area (Å²) in [6.45, 7) is 7.30. The molecule has 0 amide bonds. The molecule has 0 aromatic carbocycles. The van der Waals surface area contributed by atoms with Crippen molar-refractivity contribution in [3.05, 3.63) is 0 Å². The summed E-state index contributed by atoms with van der Waals surface area (Å²) in [5.74, 6) is 0.849. The van der Waals surface area contributed by atoms with Gasteiger partial charge in [-0.05, 0) is 32.1 Å². The lowest BCUT2D eigenvalue weighted by atomic mass is 9.90. The summed E-state index contributed by atoms with van der Waals surface area (Å²) in [5, 5.41) is 3.45. The Labute approximate surface area is 94.8 Å². The van der Waals surface area contributed by atoms with E-state index in [-0.39, 0.29) is 0 Å². The van der Waals surface area contributed by atoms with Crippen molar-refractivity contribution >= 4 is 0 Å². The van der Waals surface area contributed by atoms with E-state index in [0.29, 0.717) is 6.04 Å². The molecule has 0 saturated heterocycles. The molecule has 1 aliphatic carbocycles. The predicted octanol–water partition coefficient (Wildman–Crippen LogP) is 2.97. The first-order valence-corrected chi connectivity index (χ1v) is 6.64. The maximum absolute atomic E-state index is 5.71. The SMILES string of the molecule is CCC(C)NCCOCC1CCCCC1. The van der Waals surface area contributed by atoms with Crippen LogP contribution in [0.5, 0.6) is 0 Å². The minimum Gasteiger partial charge on any atom is -0.380 e. The third-order valence-corrected chi connectivity index (χ3v) is 3.43. The molecule has 0 aliphatic heterocycles. The van der Waals surface area contributed by atoms with E-state index < -0.39 is 0 Å². The largest absolute Gasteiger partial charge is 0.380 e. The quantitative estimate of drug-likeness (QED) is 0.656. The molecule has 0 radical (unpaired) electrons. The van der Waals surface area contributed by atoms with Crippen LogP contribution in [-0.4, -0.2) is 25.8 Å². The molecular weight excluding hydrogens is 186 g/mol. The van der Waals surface area contributed by atoms with Crippen LogP contribution < -0.4 is 5.32 Å². The average Bonchev–Trinajstić information content (AvgIpc) is 2.29. The summed E-state index contributed by atoms with van der Waals surface area (Å²) in [6.07, 6.45) is 8.24. The molecule has 2 heteroatoms. The zero-order valence-corrected chi connectivity index (χ0v) is 10.4. The Morgan fingerprint density at radius 3 is 2.67 bits per heavy atom. The van der Waals surface area contributed by atoms with Gasteiger partial charge in [-0.15, -0.1) is 0 Å². The van der Waals surface area contributed by atoms with E-state index in [2.05, 4.69) is 19.2 Å². The molecule has 0 aromatic rings. The summed E-state index contributed by atoms with van der Waals surface area (Å²) in [6, 6.07) is 0.628. The molecule has 1 rings (SSSR count). The first kappa shape index (κ1) is 13.0. The van der Waals surface area contributed by atoms with Crippen molar-refractivity contribution < 1.29 is 4.74 Å². The molecule has 0 aromatic heterocycles. The molecule has 1 atom stereocenters.